The Morgan fingerprint density at radius 2 is 1.67 bits per heavy atom. The van der Waals surface area contributed by atoms with E-state index in [9.17, 15) is 0 Å². The summed E-state index contributed by atoms with van der Waals surface area (Å²) in [5, 5.41) is 3.46. The van der Waals surface area contributed by atoms with E-state index in [1.54, 1.807) is 0 Å². The number of hydrogen-bond acceptors (Lipinski definition) is 2. The first kappa shape index (κ1) is 12.7. The first-order valence-electron chi connectivity index (χ1n) is 6.35. The number of para-hydroxylation sites is 1. The normalized spacial score (nSPS) is 10.7. The number of rotatable bonds is 4. The summed E-state index contributed by atoms with van der Waals surface area (Å²) in [6.45, 7) is 5.00. The molecule has 0 amide bonds. The van der Waals surface area contributed by atoms with Crippen molar-refractivity contribution < 1.29 is 0 Å². The molecule has 0 aromatic heterocycles. The highest BCUT2D eigenvalue weighted by atomic mass is 14.9. The Morgan fingerprint density at radius 3 is 2.28 bits per heavy atom. The molecule has 0 unspecified atom stereocenters. The van der Waals surface area contributed by atoms with E-state index in [1.807, 2.05) is 0 Å². The highest BCUT2D eigenvalue weighted by Crippen LogP contribution is 2.26. The molecular formula is C16H20N2. The van der Waals surface area contributed by atoms with Crippen LogP contribution in [-0.4, -0.2) is 0 Å². The first-order chi connectivity index (χ1) is 8.70. The van der Waals surface area contributed by atoms with Gasteiger partial charge in [0, 0.05) is 17.9 Å². The van der Waals surface area contributed by atoms with Gasteiger partial charge >= 0.3 is 0 Å². The number of anilines is 2. The van der Waals surface area contributed by atoms with Crippen LogP contribution in [0.1, 0.15) is 30.9 Å². The van der Waals surface area contributed by atoms with Gasteiger partial charge in [-0.05, 0) is 35.2 Å². The first-order valence-corrected chi connectivity index (χ1v) is 6.35. The molecule has 94 valence electrons. The average Bonchev–Trinajstić information content (AvgIpc) is 2.40. The lowest BCUT2D eigenvalue weighted by molar-refractivity contribution is 0.869. The van der Waals surface area contributed by atoms with Crippen molar-refractivity contribution in [1.82, 2.24) is 0 Å². The standard InChI is InChI=1S/C16H20N2/c1-12(2)15-5-3-4-6-16(15)18-14-9-7-13(11-17)8-10-14/h3-10,12,18H,11,17H2,1-2H3. The molecule has 0 heterocycles. The SMILES string of the molecule is CC(C)c1ccccc1Nc1ccc(CN)cc1. The second-order valence-electron chi connectivity index (χ2n) is 4.77. The Kier molecular flexibility index (Phi) is 4.00. The van der Waals surface area contributed by atoms with E-state index in [4.69, 9.17) is 5.73 Å². The van der Waals surface area contributed by atoms with Crippen molar-refractivity contribution in [2.45, 2.75) is 26.3 Å². The fraction of sp³-hybridized carbons (Fsp3) is 0.250. The summed E-state index contributed by atoms with van der Waals surface area (Å²) in [5.74, 6) is 0.511. The molecule has 0 fully saturated rings. The molecule has 2 rings (SSSR count). The Hall–Kier alpha value is -1.80. The van der Waals surface area contributed by atoms with E-state index >= 15 is 0 Å². The molecular weight excluding hydrogens is 220 g/mol. The molecule has 0 aliphatic carbocycles. The van der Waals surface area contributed by atoms with Crippen LogP contribution in [0.2, 0.25) is 0 Å². The van der Waals surface area contributed by atoms with E-state index in [0.717, 1.165) is 11.3 Å². The van der Waals surface area contributed by atoms with E-state index in [2.05, 4.69) is 67.7 Å². The zero-order chi connectivity index (χ0) is 13.0. The lowest BCUT2D eigenvalue weighted by Crippen LogP contribution is -1.99. The monoisotopic (exact) mass is 240 g/mol. The third-order valence-electron chi connectivity index (χ3n) is 3.05. The fourth-order valence-corrected chi connectivity index (χ4v) is 1.99. The topological polar surface area (TPSA) is 38.0 Å². The van der Waals surface area contributed by atoms with Crippen LogP contribution in [0.15, 0.2) is 48.5 Å². The van der Waals surface area contributed by atoms with E-state index in [-0.39, 0.29) is 0 Å². The lowest BCUT2D eigenvalue weighted by Gasteiger charge is -2.14. The van der Waals surface area contributed by atoms with Gasteiger partial charge in [-0.1, -0.05) is 44.2 Å². The molecule has 0 radical (unpaired) electrons. The van der Waals surface area contributed by atoms with Crippen molar-refractivity contribution in [2.24, 2.45) is 5.73 Å². The Morgan fingerprint density at radius 1 is 1.00 bits per heavy atom. The predicted molar refractivity (Wildman–Crippen MR) is 78.1 cm³/mol. The van der Waals surface area contributed by atoms with Gasteiger partial charge in [0.15, 0.2) is 0 Å². The minimum absolute atomic E-state index is 0.511. The maximum Gasteiger partial charge on any atom is 0.0419 e. The molecule has 0 saturated heterocycles. The smallest absolute Gasteiger partial charge is 0.0419 e. The average molecular weight is 240 g/mol. The molecule has 0 aliphatic heterocycles. The number of nitrogens with two attached hydrogens (primary N) is 1. The Balaban J connectivity index is 2.22. The van der Waals surface area contributed by atoms with Crippen LogP contribution in [0.5, 0.6) is 0 Å². The number of benzene rings is 2. The van der Waals surface area contributed by atoms with E-state index in [0.29, 0.717) is 12.5 Å². The summed E-state index contributed by atoms with van der Waals surface area (Å²) in [6.07, 6.45) is 0. The third kappa shape index (κ3) is 2.90. The summed E-state index contributed by atoms with van der Waals surface area (Å²) in [4.78, 5) is 0. The van der Waals surface area contributed by atoms with Crippen LogP contribution in [0.3, 0.4) is 0 Å². The van der Waals surface area contributed by atoms with Crippen LogP contribution < -0.4 is 11.1 Å². The second kappa shape index (κ2) is 5.69. The largest absolute Gasteiger partial charge is 0.355 e. The summed E-state index contributed by atoms with van der Waals surface area (Å²) in [6, 6.07) is 16.7. The molecule has 2 nitrogen and oxygen atoms in total. The zero-order valence-electron chi connectivity index (χ0n) is 11.0. The van der Waals surface area contributed by atoms with Crippen LogP contribution in [0.4, 0.5) is 11.4 Å². The number of hydrogen-bond donors (Lipinski definition) is 2. The van der Waals surface area contributed by atoms with Crippen molar-refractivity contribution in [2.75, 3.05) is 5.32 Å². The third-order valence-corrected chi connectivity index (χ3v) is 3.05. The van der Waals surface area contributed by atoms with Gasteiger partial charge in [-0.25, -0.2) is 0 Å². The van der Waals surface area contributed by atoms with Crippen molar-refractivity contribution in [3.05, 3.63) is 59.7 Å². The van der Waals surface area contributed by atoms with Gasteiger partial charge in [0.1, 0.15) is 0 Å². The fourth-order valence-electron chi connectivity index (χ4n) is 1.99. The van der Waals surface area contributed by atoms with E-state index in [1.165, 1.54) is 11.3 Å². The zero-order valence-corrected chi connectivity index (χ0v) is 11.0. The maximum atomic E-state index is 5.60. The molecule has 2 aromatic carbocycles. The molecule has 0 saturated carbocycles. The predicted octanol–water partition coefficient (Wildman–Crippen LogP) is 4.01. The molecule has 0 bridgehead atoms. The van der Waals surface area contributed by atoms with Crippen LogP contribution in [0.25, 0.3) is 0 Å². The summed E-state index contributed by atoms with van der Waals surface area (Å²) in [7, 11) is 0. The van der Waals surface area contributed by atoms with Gasteiger partial charge in [-0.3, -0.25) is 0 Å². The minimum Gasteiger partial charge on any atom is -0.355 e. The van der Waals surface area contributed by atoms with Gasteiger partial charge in [-0.2, -0.15) is 0 Å². The van der Waals surface area contributed by atoms with Crippen molar-refractivity contribution >= 4 is 11.4 Å². The van der Waals surface area contributed by atoms with Crippen molar-refractivity contribution in [1.29, 1.82) is 0 Å². The second-order valence-corrected chi connectivity index (χ2v) is 4.77. The van der Waals surface area contributed by atoms with Gasteiger partial charge < -0.3 is 11.1 Å². The molecule has 0 atom stereocenters. The van der Waals surface area contributed by atoms with Gasteiger partial charge in [0.25, 0.3) is 0 Å². The molecule has 0 spiro atoms. The van der Waals surface area contributed by atoms with E-state index < -0.39 is 0 Å². The van der Waals surface area contributed by atoms with Gasteiger partial charge in [0.2, 0.25) is 0 Å². The molecule has 3 N–H and O–H groups in total. The van der Waals surface area contributed by atoms with Crippen molar-refractivity contribution in [3.8, 4) is 0 Å². The molecule has 2 aromatic rings. The molecule has 0 aliphatic rings. The number of nitrogens with one attached hydrogen (secondary N) is 1. The van der Waals surface area contributed by atoms with Crippen LogP contribution in [-0.2, 0) is 6.54 Å². The summed E-state index contributed by atoms with van der Waals surface area (Å²) < 4.78 is 0. The summed E-state index contributed by atoms with van der Waals surface area (Å²) >= 11 is 0. The van der Waals surface area contributed by atoms with Gasteiger partial charge in [0.05, 0.1) is 0 Å². The minimum atomic E-state index is 0.511. The highest BCUT2D eigenvalue weighted by molar-refractivity contribution is 5.64. The summed E-state index contributed by atoms with van der Waals surface area (Å²) in [5.41, 5.74) is 10.4. The van der Waals surface area contributed by atoms with Crippen LogP contribution in [0, 0.1) is 0 Å². The molecule has 2 heteroatoms. The van der Waals surface area contributed by atoms with Gasteiger partial charge in [-0.15, -0.1) is 0 Å². The quantitative estimate of drug-likeness (QED) is 0.847. The Bertz CT molecular complexity index is 501. The molecule has 18 heavy (non-hydrogen) atoms. The maximum absolute atomic E-state index is 5.60. The van der Waals surface area contributed by atoms with Crippen molar-refractivity contribution in [3.63, 3.8) is 0 Å². The Labute approximate surface area is 109 Å². The lowest BCUT2D eigenvalue weighted by atomic mass is 10.0. The highest BCUT2D eigenvalue weighted by Gasteiger charge is 2.05. The van der Waals surface area contributed by atoms with Crippen LogP contribution >= 0.6 is 0 Å².